The zero-order valence-electron chi connectivity index (χ0n) is 3.93. The van der Waals surface area contributed by atoms with Crippen LogP contribution < -0.4 is 0 Å². The van der Waals surface area contributed by atoms with E-state index >= 15 is 0 Å². The fraction of sp³-hybridized carbons (Fsp3) is 1.00. The molecule has 0 radical (unpaired) electrons. The molecule has 0 amide bonds. The highest BCUT2D eigenvalue weighted by atomic mass is 16.7. The van der Waals surface area contributed by atoms with Crippen LogP contribution in [0.15, 0.2) is 0 Å². The molecule has 6 heavy (non-hydrogen) atoms. The Morgan fingerprint density at radius 2 is 1.83 bits per heavy atom. The summed E-state index contributed by atoms with van der Waals surface area (Å²) in [6.45, 7) is 3.69. The van der Waals surface area contributed by atoms with Crippen LogP contribution in [0.5, 0.6) is 0 Å². The third kappa shape index (κ3) is 0.420. The van der Waals surface area contributed by atoms with Crippen LogP contribution in [0.25, 0.3) is 0 Å². The molecule has 0 spiro atoms. The first-order valence-electron chi connectivity index (χ1n) is 1.99. The fourth-order valence-corrected chi connectivity index (χ4v) is 0.254. The van der Waals surface area contributed by atoms with E-state index in [1.165, 1.54) is 0 Å². The molecular weight excluding hydrogens is 80.0 g/mol. The topological polar surface area (TPSA) is 32.8 Å². The van der Waals surface area contributed by atoms with E-state index in [1.54, 1.807) is 0 Å². The standard InChI is InChI=1S/C4H8O2/c1-4(2)3(5)6-4/h3,5H,1-2H3. The maximum absolute atomic E-state index is 8.47. The number of rotatable bonds is 0. The predicted octanol–water partition coefficient (Wildman–Crippen LogP) is 0.114. The molecule has 0 saturated carbocycles. The first-order chi connectivity index (χ1) is 2.63. The van der Waals surface area contributed by atoms with E-state index in [0.29, 0.717) is 0 Å². The highest BCUT2D eigenvalue weighted by molar-refractivity contribution is 4.85. The molecule has 36 valence electrons. The smallest absolute Gasteiger partial charge is 0.184 e. The summed E-state index contributed by atoms with van der Waals surface area (Å²) in [5, 5.41) is 8.47. The van der Waals surface area contributed by atoms with Crippen LogP contribution in [0.4, 0.5) is 0 Å². The van der Waals surface area contributed by atoms with E-state index in [-0.39, 0.29) is 5.60 Å². The normalized spacial score (nSPS) is 39.5. The van der Waals surface area contributed by atoms with Gasteiger partial charge in [0.2, 0.25) is 0 Å². The third-order valence-corrected chi connectivity index (χ3v) is 0.953. The molecule has 1 aliphatic rings. The summed E-state index contributed by atoms with van der Waals surface area (Å²) in [7, 11) is 0. The van der Waals surface area contributed by atoms with Crippen LogP contribution >= 0.6 is 0 Å². The monoisotopic (exact) mass is 88.1 g/mol. The summed E-state index contributed by atoms with van der Waals surface area (Å²) in [6, 6.07) is 0. The lowest BCUT2D eigenvalue weighted by Crippen LogP contribution is -2.00. The van der Waals surface area contributed by atoms with Crippen molar-refractivity contribution in [1.82, 2.24) is 0 Å². The fourth-order valence-electron chi connectivity index (χ4n) is 0.254. The molecule has 0 aromatic rings. The molecule has 1 unspecified atom stereocenters. The summed E-state index contributed by atoms with van der Waals surface area (Å²) < 4.78 is 4.66. The minimum absolute atomic E-state index is 0.236. The summed E-state index contributed by atoms with van der Waals surface area (Å²) in [5.41, 5.74) is -0.236. The van der Waals surface area contributed by atoms with Crippen molar-refractivity contribution in [2.24, 2.45) is 0 Å². The molecule has 0 aromatic carbocycles. The Labute approximate surface area is 36.7 Å². The molecular formula is C4H8O2. The Balaban J connectivity index is 2.41. The Kier molecular flexibility index (Phi) is 0.524. The van der Waals surface area contributed by atoms with Gasteiger partial charge in [-0.2, -0.15) is 0 Å². The van der Waals surface area contributed by atoms with Gasteiger partial charge >= 0.3 is 0 Å². The lowest BCUT2D eigenvalue weighted by Gasteiger charge is -1.83. The van der Waals surface area contributed by atoms with Crippen molar-refractivity contribution in [3.05, 3.63) is 0 Å². The van der Waals surface area contributed by atoms with Crippen molar-refractivity contribution < 1.29 is 9.84 Å². The summed E-state index contributed by atoms with van der Waals surface area (Å²) in [4.78, 5) is 0. The number of aliphatic hydroxyl groups excluding tert-OH is 1. The summed E-state index contributed by atoms with van der Waals surface area (Å²) in [6.07, 6.45) is -0.502. The average Bonchev–Trinajstić information content (AvgIpc) is 1.73. The van der Waals surface area contributed by atoms with Crippen LogP contribution in [0.1, 0.15) is 13.8 Å². The molecule has 1 atom stereocenters. The van der Waals surface area contributed by atoms with Crippen LogP contribution in [0, 0.1) is 0 Å². The van der Waals surface area contributed by atoms with Crippen LogP contribution in [0.3, 0.4) is 0 Å². The lowest BCUT2D eigenvalue weighted by atomic mass is 10.2. The van der Waals surface area contributed by atoms with Gasteiger partial charge in [-0.1, -0.05) is 0 Å². The van der Waals surface area contributed by atoms with Gasteiger partial charge in [-0.05, 0) is 13.8 Å². The van der Waals surface area contributed by atoms with Crippen molar-refractivity contribution in [2.45, 2.75) is 25.7 Å². The van der Waals surface area contributed by atoms with E-state index in [2.05, 4.69) is 4.74 Å². The summed E-state index contributed by atoms with van der Waals surface area (Å²) in [5.74, 6) is 0. The maximum atomic E-state index is 8.47. The first kappa shape index (κ1) is 4.09. The molecule has 1 heterocycles. The number of epoxide rings is 1. The molecule has 1 aliphatic heterocycles. The quantitative estimate of drug-likeness (QED) is 0.426. The molecule has 2 heteroatoms. The van der Waals surface area contributed by atoms with Crippen molar-refractivity contribution in [2.75, 3.05) is 0 Å². The van der Waals surface area contributed by atoms with Crippen molar-refractivity contribution in [1.29, 1.82) is 0 Å². The zero-order chi connectivity index (χ0) is 4.78. The number of aliphatic hydroxyl groups is 1. The van der Waals surface area contributed by atoms with Crippen LogP contribution in [-0.2, 0) is 4.74 Å². The largest absolute Gasteiger partial charge is 0.366 e. The lowest BCUT2D eigenvalue weighted by molar-refractivity contribution is 0.155. The molecule has 1 rings (SSSR count). The molecule has 0 bridgehead atoms. The second-order valence-electron chi connectivity index (χ2n) is 2.07. The maximum Gasteiger partial charge on any atom is 0.184 e. The van der Waals surface area contributed by atoms with E-state index in [1.807, 2.05) is 13.8 Å². The van der Waals surface area contributed by atoms with Gasteiger partial charge in [0.1, 0.15) is 5.60 Å². The highest BCUT2D eigenvalue weighted by Crippen LogP contribution is 2.31. The molecule has 1 saturated heterocycles. The van der Waals surface area contributed by atoms with Crippen molar-refractivity contribution >= 4 is 0 Å². The second-order valence-corrected chi connectivity index (χ2v) is 2.07. The van der Waals surface area contributed by atoms with Gasteiger partial charge in [0, 0.05) is 0 Å². The van der Waals surface area contributed by atoms with Gasteiger partial charge in [0.05, 0.1) is 0 Å². The third-order valence-electron chi connectivity index (χ3n) is 0.953. The first-order valence-corrected chi connectivity index (χ1v) is 1.99. The van der Waals surface area contributed by atoms with Gasteiger partial charge in [-0.3, -0.25) is 0 Å². The Bertz CT molecular complexity index is 67.9. The highest BCUT2D eigenvalue weighted by Gasteiger charge is 2.46. The van der Waals surface area contributed by atoms with E-state index in [0.717, 1.165) is 0 Å². The number of hydrogen-bond acceptors (Lipinski definition) is 2. The summed E-state index contributed by atoms with van der Waals surface area (Å²) >= 11 is 0. The van der Waals surface area contributed by atoms with E-state index in [4.69, 9.17) is 5.11 Å². The second kappa shape index (κ2) is 0.768. The van der Waals surface area contributed by atoms with Crippen molar-refractivity contribution in [3.63, 3.8) is 0 Å². The molecule has 1 fully saturated rings. The van der Waals surface area contributed by atoms with Gasteiger partial charge < -0.3 is 9.84 Å². The van der Waals surface area contributed by atoms with Gasteiger partial charge in [0.25, 0.3) is 0 Å². The Morgan fingerprint density at radius 3 is 1.83 bits per heavy atom. The SMILES string of the molecule is CC1(C)OC1O. The molecule has 0 aliphatic carbocycles. The van der Waals surface area contributed by atoms with E-state index < -0.39 is 6.29 Å². The molecule has 2 nitrogen and oxygen atoms in total. The van der Waals surface area contributed by atoms with Gasteiger partial charge in [-0.25, -0.2) is 0 Å². The van der Waals surface area contributed by atoms with Gasteiger partial charge in [-0.15, -0.1) is 0 Å². The molecule has 1 N–H and O–H groups in total. The average molecular weight is 88.1 g/mol. The van der Waals surface area contributed by atoms with Crippen LogP contribution in [0.2, 0.25) is 0 Å². The van der Waals surface area contributed by atoms with Crippen molar-refractivity contribution in [3.8, 4) is 0 Å². The van der Waals surface area contributed by atoms with E-state index in [9.17, 15) is 0 Å². The number of hydrogen-bond donors (Lipinski definition) is 1. The number of ether oxygens (including phenoxy) is 1. The Hall–Kier alpha value is -0.0800. The minimum atomic E-state index is -0.502. The van der Waals surface area contributed by atoms with Gasteiger partial charge in [0.15, 0.2) is 6.29 Å². The predicted molar refractivity (Wildman–Crippen MR) is 21.2 cm³/mol. The zero-order valence-corrected chi connectivity index (χ0v) is 3.93. The van der Waals surface area contributed by atoms with Crippen LogP contribution in [-0.4, -0.2) is 17.0 Å². The Morgan fingerprint density at radius 1 is 1.67 bits per heavy atom. The minimum Gasteiger partial charge on any atom is -0.366 e. The molecule has 0 aromatic heterocycles.